The molecule has 0 aromatic carbocycles. The molecule has 10 heteroatoms. The summed E-state index contributed by atoms with van der Waals surface area (Å²) in [6, 6.07) is 0. The second-order valence-corrected chi connectivity index (χ2v) is 10.3. The summed E-state index contributed by atoms with van der Waals surface area (Å²) in [5.74, 6) is 0.180. The molecule has 0 bridgehead atoms. The lowest BCUT2D eigenvalue weighted by Crippen LogP contribution is -2.28. The highest BCUT2D eigenvalue weighted by Crippen LogP contribution is 2.14. The molecule has 10 nitrogen and oxygen atoms in total. The summed E-state index contributed by atoms with van der Waals surface area (Å²) in [4.78, 5) is 47.2. The van der Waals surface area contributed by atoms with Crippen molar-refractivity contribution < 1.29 is 28.7 Å². The van der Waals surface area contributed by atoms with Crippen LogP contribution in [0.5, 0.6) is 0 Å². The van der Waals surface area contributed by atoms with Gasteiger partial charge in [-0.05, 0) is 45.7 Å². The van der Waals surface area contributed by atoms with Crippen LogP contribution >= 0.6 is 0 Å². The number of amides is 2. The molecule has 0 fully saturated rings. The third-order valence-corrected chi connectivity index (χ3v) is 6.31. The summed E-state index contributed by atoms with van der Waals surface area (Å²) in [6.45, 7) is 5.03. The van der Waals surface area contributed by atoms with E-state index < -0.39 is 0 Å². The fourth-order valence-corrected chi connectivity index (χ4v) is 4.01. The largest absolute Gasteiger partial charge is 0.381 e. The Balaban J connectivity index is 4.23. The first kappa shape index (κ1) is 37.1. The molecule has 0 heterocycles. The Morgan fingerprint density at radius 3 is 1.49 bits per heavy atom. The number of rotatable bonds is 29. The quantitative estimate of drug-likeness (QED) is 0.102. The number of carbonyl (C=O) groups is 4. The Labute approximate surface area is 236 Å². The molecule has 39 heavy (non-hydrogen) atoms. The van der Waals surface area contributed by atoms with Gasteiger partial charge in [-0.25, -0.2) is 0 Å². The van der Waals surface area contributed by atoms with Crippen LogP contribution in [-0.2, 0) is 28.7 Å². The van der Waals surface area contributed by atoms with Gasteiger partial charge in [0.1, 0.15) is 11.6 Å². The van der Waals surface area contributed by atoms with Crippen LogP contribution in [-0.4, -0.2) is 76.0 Å². The number of hydrogen-bond donors (Lipinski definition) is 4. The Bertz CT molecular complexity index is 617. The lowest BCUT2D eigenvalue weighted by Gasteiger charge is -2.17. The monoisotopic (exact) mass is 556 g/mol. The predicted molar refractivity (Wildman–Crippen MR) is 154 cm³/mol. The molecular weight excluding hydrogens is 500 g/mol. The van der Waals surface area contributed by atoms with Gasteiger partial charge in [0.2, 0.25) is 11.8 Å². The van der Waals surface area contributed by atoms with Crippen LogP contribution in [0.4, 0.5) is 0 Å². The van der Waals surface area contributed by atoms with Gasteiger partial charge >= 0.3 is 0 Å². The second-order valence-electron chi connectivity index (χ2n) is 10.3. The maximum atomic E-state index is 12.6. The fourth-order valence-electron chi connectivity index (χ4n) is 4.01. The molecule has 0 aromatic heterocycles. The Hall–Kier alpha value is -1.88. The van der Waals surface area contributed by atoms with Crippen molar-refractivity contribution in [2.24, 2.45) is 17.4 Å². The number of unbranched alkanes of at least 4 members (excludes halogenated alkanes) is 7. The zero-order valence-corrected chi connectivity index (χ0v) is 24.4. The third-order valence-electron chi connectivity index (χ3n) is 6.31. The van der Waals surface area contributed by atoms with E-state index in [4.69, 9.17) is 20.9 Å². The van der Waals surface area contributed by atoms with Crippen LogP contribution in [0.15, 0.2) is 0 Å². The maximum Gasteiger partial charge on any atom is 0.222 e. The topological polar surface area (TPSA) is 163 Å². The Kier molecular flexibility index (Phi) is 26.3. The van der Waals surface area contributed by atoms with Gasteiger partial charge < -0.3 is 36.4 Å². The van der Waals surface area contributed by atoms with Gasteiger partial charge in [-0.15, -0.1) is 0 Å². The maximum absolute atomic E-state index is 12.6. The first-order valence-electron chi connectivity index (χ1n) is 15.0. The molecule has 0 rings (SSSR count). The van der Waals surface area contributed by atoms with Crippen LogP contribution in [0.25, 0.3) is 0 Å². The predicted octanol–water partition coefficient (Wildman–Crippen LogP) is 2.80. The van der Waals surface area contributed by atoms with Crippen molar-refractivity contribution >= 4 is 23.4 Å². The first-order chi connectivity index (χ1) is 18.9. The molecular formula is C29H56N4O6. The first-order valence-corrected chi connectivity index (χ1v) is 15.0. The van der Waals surface area contributed by atoms with Crippen molar-refractivity contribution in [1.82, 2.24) is 10.6 Å². The van der Waals surface area contributed by atoms with Crippen molar-refractivity contribution in [3.63, 3.8) is 0 Å². The van der Waals surface area contributed by atoms with Crippen molar-refractivity contribution in [2.45, 2.75) is 103 Å². The number of carbonyl (C=O) groups excluding carboxylic acids is 4. The second kappa shape index (κ2) is 27.7. The van der Waals surface area contributed by atoms with Gasteiger partial charge in [-0.1, -0.05) is 38.5 Å². The lowest BCUT2D eigenvalue weighted by molar-refractivity contribution is -0.124. The lowest BCUT2D eigenvalue weighted by atomic mass is 9.99. The van der Waals surface area contributed by atoms with E-state index in [2.05, 4.69) is 10.6 Å². The van der Waals surface area contributed by atoms with E-state index in [1.165, 1.54) is 12.8 Å². The highest BCUT2D eigenvalue weighted by molar-refractivity contribution is 5.78. The van der Waals surface area contributed by atoms with E-state index in [1.54, 1.807) is 6.92 Å². The van der Waals surface area contributed by atoms with Crippen molar-refractivity contribution in [2.75, 3.05) is 52.6 Å². The highest BCUT2D eigenvalue weighted by Gasteiger charge is 2.16. The third kappa shape index (κ3) is 27.5. The van der Waals surface area contributed by atoms with E-state index in [1.807, 2.05) is 0 Å². The molecule has 0 saturated carbocycles. The number of Topliss-reactive ketones (excluding diaryl/α,β-unsaturated/α-hetero) is 2. The average molecular weight is 557 g/mol. The zero-order chi connectivity index (χ0) is 29.0. The molecule has 2 amide bonds. The van der Waals surface area contributed by atoms with Gasteiger partial charge in [-0.3, -0.25) is 14.4 Å². The zero-order valence-electron chi connectivity index (χ0n) is 24.4. The molecule has 0 unspecified atom stereocenters. The molecule has 228 valence electrons. The van der Waals surface area contributed by atoms with Gasteiger partial charge in [0.25, 0.3) is 0 Å². The number of nitrogens with two attached hydrogens (primary N) is 2. The standard InChI is InChI=1S/C29H56N4O6/c1-25(34)12-8-6-4-2-3-5-7-9-13-27(35)22-26(23-38-20-14-28(36)32-18-10-16-30)24-39-21-15-29(37)33-19-11-17-31/h26H,2-24,30-31H2,1H3,(H,32,36)(H,33,37). The molecule has 0 aliphatic heterocycles. The summed E-state index contributed by atoms with van der Waals surface area (Å²) >= 11 is 0. The SMILES string of the molecule is CC(=O)CCCCCCCCCCC(=O)CC(COCCC(=O)NCCCN)COCCC(=O)NCCCN. The van der Waals surface area contributed by atoms with E-state index >= 15 is 0 Å². The summed E-state index contributed by atoms with van der Waals surface area (Å²) in [6.07, 6.45) is 12.2. The van der Waals surface area contributed by atoms with E-state index in [9.17, 15) is 19.2 Å². The summed E-state index contributed by atoms with van der Waals surface area (Å²) in [7, 11) is 0. The van der Waals surface area contributed by atoms with Crippen LogP contribution in [0.2, 0.25) is 0 Å². The van der Waals surface area contributed by atoms with Crippen molar-refractivity contribution in [3.8, 4) is 0 Å². The Morgan fingerprint density at radius 1 is 0.615 bits per heavy atom. The number of nitrogens with one attached hydrogen (secondary N) is 2. The van der Waals surface area contributed by atoms with E-state index in [0.717, 1.165) is 51.4 Å². The Morgan fingerprint density at radius 2 is 1.05 bits per heavy atom. The van der Waals surface area contributed by atoms with E-state index in [0.29, 0.717) is 58.7 Å². The van der Waals surface area contributed by atoms with Gasteiger partial charge in [-0.2, -0.15) is 0 Å². The van der Waals surface area contributed by atoms with Crippen molar-refractivity contribution in [3.05, 3.63) is 0 Å². The van der Waals surface area contributed by atoms with Gasteiger partial charge in [0, 0.05) is 51.1 Å². The molecule has 6 N–H and O–H groups in total. The number of ketones is 2. The van der Waals surface area contributed by atoms with E-state index in [-0.39, 0.29) is 55.4 Å². The molecule has 0 spiro atoms. The minimum atomic E-state index is -0.117. The normalized spacial score (nSPS) is 11.1. The van der Waals surface area contributed by atoms with Crippen LogP contribution in [0.3, 0.4) is 0 Å². The smallest absolute Gasteiger partial charge is 0.222 e. The number of ether oxygens (including phenoxy) is 2. The molecule has 0 atom stereocenters. The summed E-state index contributed by atoms with van der Waals surface area (Å²) in [5, 5.41) is 5.59. The van der Waals surface area contributed by atoms with Gasteiger partial charge in [0.05, 0.1) is 26.4 Å². The minimum absolute atomic E-state index is 0.0796. The molecule has 0 saturated heterocycles. The molecule has 0 aliphatic carbocycles. The number of hydrogen-bond acceptors (Lipinski definition) is 8. The van der Waals surface area contributed by atoms with Crippen LogP contribution in [0, 0.1) is 5.92 Å². The molecule has 0 aliphatic rings. The van der Waals surface area contributed by atoms with Crippen LogP contribution in [0.1, 0.15) is 103 Å². The van der Waals surface area contributed by atoms with Crippen molar-refractivity contribution in [1.29, 1.82) is 0 Å². The fraction of sp³-hybridized carbons (Fsp3) is 0.862. The summed E-state index contributed by atoms with van der Waals surface area (Å²) < 4.78 is 11.4. The van der Waals surface area contributed by atoms with Crippen LogP contribution < -0.4 is 22.1 Å². The molecule has 0 aromatic rings. The van der Waals surface area contributed by atoms with Gasteiger partial charge in [0.15, 0.2) is 0 Å². The minimum Gasteiger partial charge on any atom is -0.381 e. The highest BCUT2D eigenvalue weighted by atomic mass is 16.5. The molecule has 0 radical (unpaired) electrons. The summed E-state index contributed by atoms with van der Waals surface area (Å²) in [5.41, 5.74) is 10.9. The average Bonchev–Trinajstić information content (AvgIpc) is 2.90.